The Morgan fingerprint density at radius 3 is 1.68 bits per heavy atom. The maximum atomic E-state index is 2.37. The molecular formula is C38H30N2. The minimum Gasteiger partial charge on any atom is -0.345 e. The lowest BCUT2D eigenvalue weighted by Crippen LogP contribution is -2.09. The van der Waals surface area contributed by atoms with Gasteiger partial charge in [-0.05, 0) is 71.1 Å². The van der Waals surface area contributed by atoms with E-state index in [-0.39, 0.29) is 0 Å². The standard InChI is InChI=1S/C38H30N2/c1-39(32-24-22-31(23-25-32)30-20-18-29(19-21-30)26-28-10-3-2-4-11-28)33-12-9-13-34(27-33)40-37-16-7-5-14-35(37)36-15-6-8-17-38(36)40/h2-25,27H,26H2,1H3. The summed E-state index contributed by atoms with van der Waals surface area (Å²) in [5, 5.41) is 2.56. The van der Waals surface area contributed by atoms with Crippen molar-refractivity contribution in [2.45, 2.75) is 6.42 Å². The van der Waals surface area contributed by atoms with E-state index >= 15 is 0 Å². The lowest BCUT2D eigenvalue weighted by atomic mass is 10.00. The van der Waals surface area contributed by atoms with E-state index in [4.69, 9.17) is 0 Å². The molecule has 0 unspecified atom stereocenters. The van der Waals surface area contributed by atoms with Crippen LogP contribution in [0.1, 0.15) is 11.1 Å². The van der Waals surface area contributed by atoms with Gasteiger partial charge in [-0.15, -0.1) is 0 Å². The van der Waals surface area contributed by atoms with Gasteiger partial charge in [0.1, 0.15) is 0 Å². The summed E-state index contributed by atoms with van der Waals surface area (Å²) in [6.45, 7) is 0. The van der Waals surface area contributed by atoms with E-state index in [1.54, 1.807) is 0 Å². The number of rotatable bonds is 6. The molecule has 0 aliphatic heterocycles. The summed E-state index contributed by atoms with van der Waals surface area (Å²) < 4.78 is 2.37. The maximum Gasteiger partial charge on any atom is 0.0541 e. The predicted octanol–water partition coefficient (Wildman–Crippen LogP) is 9.81. The first-order valence-electron chi connectivity index (χ1n) is 13.8. The highest BCUT2D eigenvalue weighted by Crippen LogP contribution is 2.34. The summed E-state index contributed by atoms with van der Waals surface area (Å²) in [7, 11) is 2.14. The molecule has 0 aliphatic rings. The number of hydrogen-bond acceptors (Lipinski definition) is 1. The van der Waals surface area contributed by atoms with Crippen molar-refractivity contribution < 1.29 is 0 Å². The Morgan fingerprint density at radius 2 is 1.02 bits per heavy atom. The zero-order valence-electron chi connectivity index (χ0n) is 22.5. The van der Waals surface area contributed by atoms with Gasteiger partial charge < -0.3 is 9.47 Å². The van der Waals surface area contributed by atoms with Crippen LogP contribution in [0.2, 0.25) is 0 Å². The highest BCUT2D eigenvalue weighted by atomic mass is 15.1. The lowest BCUT2D eigenvalue weighted by molar-refractivity contribution is 1.15. The molecule has 0 bridgehead atoms. The van der Waals surface area contributed by atoms with Gasteiger partial charge in [-0.2, -0.15) is 0 Å². The van der Waals surface area contributed by atoms with Gasteiger partial charge in [-0.1, -0.05) is 109 Å². The van der Waals surface area contributed by atoms with Gasteiger partial charge in [0, 0.05) is 34.9 Å². The topological polar surface area (TPSA) is 8.17 Å². The van der Waals surface area contributed by atoms with Crippen LogP contribution in [0.25, 0.3) is 38.6 Å². The van der Waals surface area contributed by atoms with E-state index in [0.29, 0.717) is 0 Å². The van der Waals surface area contributed by atoms with Gasteiger partial charge >= 0.3 is 0 Å². The van der Waals surface area contributed by atoms with E-state index in [1.807, 2.05) is 0 Å². The van der Waals surface area contributed by atoms with Crippen LogP contribution in [0.5, 0.6) is 0 Å². The van der Waals surface area contributed by atoms with Crippen molar-refractivity contribution in [1.82, 2.24) is 4.57 Å². The first kappa shape index (κ1) is 24.0. The smallest absolute Gasteiger partial charge is 0.0541 e. The molecule has 0 saturated heterocycles. The van der Waals surface area contributed by atoms with Crippen LogP contribution in [0, 0.1) is 0 Å². The van der Waals surface area contributed by atoms with E-state index < -0.39 is 0 Å². The largest absolute Gasteiger partial charge is 0.345 e. The molecule has 192 valence electrons. The Balaban J connectivity index is 1.15. The van der Waals surface area contributed by atoms with E-state index in [9.17, 15) is 0 Å². The van der Waals surface area contributed by atoms with Crippen LogP contribution in [0.4, 0.5) is 11.4 Å². The molecule has 2 nitrogen and oxygen atoms in total. The van der Waals surface area contributed by atoms with Gasteiger partial charge in [0.2, 0.25) is 0 Å². The van der Waals surface area contributed by atoms with Gasteiger partial charge in [-0.25, -0.2) is 0 Å². The average Bonchev–Trinajstić information content (AvgIpc) is 3.36. The second kappa shape index (κ2) is 10.2. The van der Waals surface area contributed by atoms with Crippen molar-refractivity contribution in [2.75, 3.05) is 11.9 Å². The SMILES string of the molecule is CN(c1ccc(-c2ccc(Cc3ccccc3)cc2)cc1)c1cccc(-n2c3ccccc3c3ccccc32)c1. The Morgan fingerprint density at radius 1 is 0.475 bits per heavy atom. The van der Waals surface area contributed by atoms with E-state index in [1.165, 1.54) is 44.1 Å². The summed E-state index contributed by atoms with van der Waals surface area (Å²) in [6, 6.07) is 54.5. The molecule has 7 rings (SSSR count). The van der Waals surface area contributed by atoms with Gasteiger partial charge in [-0.3, -0.25) is 0 Å². The molecule has 0 amide bonds. The van der Waals surface area contributed by atoms with Gasteiger partial charge in [0.05, 0.1) is 11.0 Å². The quantitative estimate of drug-likeness (QED) is 0.214. The third-order valence-electron chi connectivity index (χ3n) is 7.85. The summed E-state index contributed by atoms with van der Waals surface area (Å²) in [6.07, 6.45) is 0.957. The molecule has 0 radical (unpaired) electrons. The van der Waals surface area contributed by atoms with Crippen molar-refractivity contribution in [3.05, 3.63) is 163 Å². The van der Waals surface area contributed by atoms with Crippen molar-refractivity contribution in [3.8, 4) is 16.8 Å². The van der Waals surface area contributed by atoms with Crippen molar-refractivity contribution in [2.24, 2.45) is 0 Å². The van der Waals surface area contributed by atoms with Crippen LogP contribution >= 0.6 is 0 Å². The maximum absolute atomic E-state index is 2.37. The Kier molecular flexibility index (Phi) is 6.14. The fraction of sp³-hybridized carbons (Fsp3) is 0.0526. The monoisotopic (exact) mass is 514 g/mol. The Bertz CT molecular complexity index is 1860. The number of para-hydroxylation sites is 2. The van der Waals surface area contributed by atoms with Crippen molar-refractivity contribution in [3.63, 3.8) is 0 Å². The minimum atomic E-state index is 0.957. The molecule has 2 heteroatoms. The summed E-state index contributed by atoms with van der Waals surface area (Å²) in [5.41, 5.74) is 11.0. The highest BCUT2D eigenvalue weighted by Gasteiger charge is 2.13. The van der Waals surface area contributed by atoms with Crippen LogP contribution in [-0.4, -0.2) is 11.6 Å². The second-order valence-corrected chi connectivity index (χ2v) is 10.4. The molecule has 40 heavy (non-hydrogen) atoms. The minimum absolute atomic E-state index is 0.957. The zero-order chi connectivity index (χ0) is 26.9. The first-order valence-corrected chi connectivity index (χ1v) is 13.8. The highest BCUT2D eigenvalue weighted by molar-refractivity contribution is 6.09. The average molecular weight is 515 g/mol. The molecule has 0 saturated carbocycles. The third kappa shape index (κ3) is 4.44. The molecule has 1 aromatic heterocycles. The van der Waals surface area contributed by atoms with Crippen LogP contribution < -0.4 is 4.90 Å². The number of benzene rings is 6. The normalized spacial score (nSPS) is 11.2. The van der Waals surface area contributed by atoms with Crippen LogP contribution in [-0.2, 0) is 6.42 Å². The fourth-order valence-electron chi connectivity index (χ4n) is 5.71. The fourth-order valence-corrected chi connectivity index (χ4v) is 5.71. The molecular weight excluding hydrogens is 484 g/mol. The Hall–Kier alpha value is -5.08. The van der Waals surface area contributed by atoms with E-state index in [2.05, 4.69) is 168 Å². The Labute approximate surface area is 235 Å². The summed E-state index contributed by atoms with van der Waals surface area (Å²) in [5.74, 6) is 0. The number of hydrogen-bond donors (Lipinski definition) is 0. The van der Waals surface area contributed by atoms with Crippen molar-refractivity contribution in [1.29, 1.82) is 0 Å². The van der Waals surface area contributed by atoms with Crippen LogP contribution in [0.3, 0.4) is 0 Å². The summed E-state index contributed by atoms with van der Waals surface area (Å²) in [4.78, 5) is 2.25. The zero-order valence-corrected chi connectivity index (χ0v) is 22.5. The molecule has 7 aromatic rings. The van der Waals surface area contributed by atoms with Crippen LogP contribution in [0.15, 0.2) is 152 Å². The number of aromatic nitrogens is 1. The molecule has 1 heterocycles. The van der Waals surface area contributed by atoms with E-state index in [0.717, 1.165) is 23.5 Å². The number of nitrogens with zero attached hydrogens (tertiary/aromatic N) is 2. The number of fused-ring (bicyclic) bond motifs is 3. The molecule has 0 aliphatic carbocycles. The molecule has 0 N–H and O–H groups in total. The molecule has 0 fully saturated rings. The van der Waals surface area contributed by atoms with Gasteiger partial charge in [0.15, 0.2) is 0 Å². The summed E-state index contributed by atoms with van der Waals surface area (Å²) >= 11 is 0. The second-order valence-electron chi connectivity index (χ2n) is 10.4. The number of anilines is 2. The first-order chi connectivity index (χ1) is 19.7. The molecule has 0 atom stereocenters. The predicted molar refractivity (Wildman–Crippen MR) is 170 cm³/mol. The van der Waals surface area contributed by atoms with Gasteiger partial charge in [0.25, 0.3) is 0 Å². The molecule has 0 spiro atoms. The van der Waals surface area contributed by atoms with Crippen molar-refractivity contribution >= 4 is 33.2 Å². The molecule has 6 aromatic carbocycles. The third-order valence-corrected chi connectivity index (χ3v) is 7.85. The lowest BCUT2D eigenvalue weighted by Gasteiger charge is -2.21.